The van der Waals surface area contributed by atoms with Gasteiger partial charge in [-0.3, -0.25) is 9.59 Å². The third-order valence-electron chi connectivity index (χ3n) is 7.99. The molecule has 0 amide bonds. The second-order valence-corrected chi connectivity index (χ2v) is 10.7. The van der Waals surface area contributed by atoms with Gasteiger partial charge in [0.15, 0.2) is 0 Å². The number of carbonyl (C=O) groups is 2. The summed E-state index contributed by atoms with van der Waals surface area (Å²) in [6, 6.07) is 30.5. The molecule has 1 saturated carbocycles. The Morgan fingerprint density at radius 3 is 1.50 bits per heavy atom. The zero-order valence-electron chi connectivity index (χ0n) is 20.3. The number of benzene rings is 4. The van der Waals surface area contributed by atoms with Crippen LogP contribution >= 0.6 is 23.2 Å². The molecule has 2 aliphatic rings. The molecule has 4 aromatic carbocycles. The normalized spacial score (nSPS) is 21.7. The zero-order valence-corrected chi connectivity index (χ0v) is 21.8. The van der Waals surface area contributed by atoms with E-state index in [2.05, 4.69) is 24.3 Å². The summed E-state index contributed by atoms with van der Waals surface area (Å²) in [4.78, 5) is 26.4. The van der Waals surface area contributed by atoms with Crippen LogP contribution in [-0.2, 0) is 14.3 Å². The highest BCUT2D eigenvalue weighted by molar-refractivity contribution is 6.32. The Hall–Kier alpha value is -3.60. The van der Waals surface area contributed by atoms with Gasteiger partial charge in [0.2, 0.25) is 0 Å². The maximum atomic E-state index is 13.9. The van der Waals surface area contributed by atoms with Gasteiger partial charge in [0.05, 0.1) is 11.8 Å². The van der Waals surface area contributed by atoms with Gasteiger partial charge in [-0.25, -0.2) is 0 Å². The molecule has 0 aromatic heterocycles. The number of esters is 1. The van der Waals surface area contributed by atoms with Crippen molar-refractivity contribution in [2.75, 3.05) is 6.61 Å². The molecule has 2 aliphatic carbocycles. The van der Waals surface area contributed by atoms with Crippen LogP contribution in [0.2, 0.25) is 10.0 Å². The van der Waals surface area contributed by atoms with E-state index in [0.717, 1.165) is 22.3 Å². The minimum Gasteiger partial charge on any atom is -0.481 e. The summed E-state index contributed by atoms with van der Waals surface area (Å²) in [6.45, 7) is 0.158. The number of halogens is 2. The first kappa shape index (κ1) is 24.7. The maximum absolute atomic E-state index is 13.9. The van der Waals surface area contributed by atoms with E-state index in [4.69, 9.17) is 27.9 Å². The van der Waals surface area contributed by atoms with Crippen molar-refractivity contribution in [3.8, 4) is 11.1 Å². The summed E-state index contributed by atoms with van der Waals surface area (Å²) in [6.07, 6.45) is 0. The van der Waals surface area contributed by atoms with E-state index in [0.29, 0.717) is 21.2 Å². The molecule has 1 N–H and O–H groups in total. The van der Waals surface area contributed by atoms with Gasteiger partial charge >= 0.3 is 11.9 Å². The largest absolute Gasteiger partial charge is 0.481 e. The Kier molecular flexibility index (Phi) is 6.46. The van der Waals surface area contributed by atoms with E-state index in [1.165, 1.54) is 0 Å². The first-order valence-electron chi connectivity index (χ1n) is 12.5. The van der Waals surface area contributed by atoms with E-state index in [1.54, 1.807) is 48.5 Å². The van der Waals surface area contributed by atoms with Crippen LogP contribution in [0.1, 0.15) is 40.0 Å². The number of carboxylic acids is 1. The van der Waals surface area contributed by atoms with Gasteiger partial charge in [0.25, 0.3) is 0 Å². The summed E-state index contributed by atoms with van der Waals surface area (Å²) in [7, 11) is 0. The monoisotopic (exact) mass is 542 g/mol. The van der Waals surface area contributed by atoms with Crippen LogP contribution in [0.3, 0.4) is 0 Å². The fraction of sp³-hybridized carbons (Fsp3) is 0.188. The van der Waals surface area contributed by atoms with Gasteiger partial charge in [-0.2, -0.15) is 0 Å². The standard InChI is InChI=1S/C32H24Cl2O4/c33-25-15-7-5-13-22(25)27-29(31(35)36)28(23-14-6-8-16-26(23)34)30(27)32(37)38-17-24-20-11-3-1-9-18(20)19-10-2-4-12-21(19)24/h1-16,24,27-30H,17H2,(H,35,36)/t27-,28-,29?,30?/m0/s1. The molecule has 6 heteroatoms. The lowest BCUT2D eigenvalue weighted by molar-refractivity contribution is -0.164. The predicted molar refractivity (Wildman–Crippen MR) is 148 cm³/mol. The molecular weight excluding hydrogens is 519 g/mol. The summed E-state index contributed by atoms with van der Waals surface area (Å²) in [5.74, 6) is -4.44. The van der Waals surface area contributed by atoms with Crippen molar-refractivity contribution in [1.29, 1.82) is 0 Å². The lowest BCUT2D eigenvalue weighted by Gasteiger charge is -2.49. The molecule has 0 bridgehead atoms. The molecule has 0 spiro atoms. The molecule has 1 fully saturated rings. The Bertz CT molecular complexity index is 1450. The quantitative estimate of drug-likeness (QED) is 0.255. The van der Waals surface area contributed by atoms with E-state index >= 15 is 0 Å². The zero-order chi connectivity index (χ0) is 26.4. The summed E-state index contributed by atoms with van der Waals surface area (Å²) >= 11 is 13.0. The number of carboxylic acid groups (broad SMARTS) is 1. The molecular formula is C32H24Cl2O4. The second-order valence-electron chi connectivity index (χ2n) is 9.84. The molecule has 0 aliphatic heterocycles. The minimum absolute atomic E-state index is 0.0979. The van der Waals surface area contributed by atoms with Crippen molar-refractivity contribution in [3.63, 3.8) is 0 Å². The molecule has 2 atom stereocenters. The number of aliphatic carboxylic acids is 1. The first-order valence-corrected chi connectivity index (χ1v) is 13.3. The van der Waals surface area contributed by atoms with E-state index in [1.807, 2.05) is 24.3 Å². The van der Waals surface area contributed by atoms with Crippen molar-refractivity contribution >= 4 is 35.1 Å². The van der Waals surface area contributed by atoms with Crippen molar-refractivity contribution in [2.24, 2.45) is 11.8 Å². The highest BCUT2D eigenvalue weighted by Gasteiger charge is 2.60. The molecule has 0 saturated heterocycles. The lowest BCUT2D eigenvalue weighted by Crippen LogP contribution is -2.51. The van der Waals surface area contributed by atoms with Gasteiger partial charge in [-0.05, 0) is 45.5 Å². The van der Waals surface area contributed by atoms with Gasteiger partial charge in [-0.1, -0.05) is 108 Å². The Balaban J connectivity index is 1.35. The van der Waals surface area contributed by atoms with E-state index in [9.17, 15) is 14.7 Å². The number of rotatable bonds is 6. The van der Waals surface area contributed by atoms with Crippen molar-refractivity contribution in [1.82, 2.24) is 0 Å². The lowest BCUT2D eigenvalue weighted by atomic mass is 9.52. The number of fused-ring (bicyclic) bond motifs is 3. The van der Waals surface area contributed by atoms with E-state index in [-0.39, 0.29) is 12.5 Å². The van der Waals surface area contributed by atoms with Crippen LogP contribution in [0.5, 0.6) is 0 Å². The molecule has 0 radical (unpaired) electrons. The van der Waals surface area contributed by atoms with E-state index < -0.39 is 35.6 Å². The smallest absolute Gasteiger partial charge is 0.310 e. The third kappa shape index (κ3) is 4.00. The second kappa shape index (κ2) is 9.94. The summed E-state index contributed by atoms with van der Waals surface area (Å²) < 4.78 is 6.04. The topological polar surface area (TPSA) is 63.6 Å². The highest BCUT2D eigenvalue weighted by atomic mass is 35.5. The average Bonchev–Trinajstić information content (AvgIpc) is 3.22. The molecule has 38 heavy (non-hydrogen) atoms. The summed E-state index contributed by atoms with van der Waals surface area (Å²) in [5, 5.41) is 11.1. The molecule has 4 nitrogen and oxygen atoms in total. The molecule has 0 heterocycles. The van der Waals surface area contributed by atoms with Crippen LogP contribution in [0.4, 0.5) is 0 Å². The van der Waals surface area contributed by atoms with Crippen LogP contribution in [0.25, 0.3) is 11.1 Å². The Morgan fingerprint density at radius 1 is 0.632 bits per heavy atom. The molecule has 190 valence electrons. The van der Waals surface area contributed by atoms with Gasteiger partial charge in [0, 0.05) is 27.8 Å². The average molecular weight is 543 g/mol. The summed E-state index contributed by atoms with van der Waals surface area (Å²) in [5.41, 5.74) is 5.77. The highest BCUT2D eigenvalue weighted by Crippen LogP contribution is 2.60. The number of ether oxygens (including phenoxy) is 1. The van der Waals surface area contributed by atoms with Crippen molar-refractivity contribution in [3.05, 3.63) is 129 Å². The van der Waals surface area contributed by atoms with Crippen LogP contribution in [0, 0.1) is 11.8 Å². The fourth-order valence-electron chi connectivity index (χ4n) is 6.31. The predicted octanol–water partition coefficient (Wildman–Crippen LogP) is 7.55. The van der Waals surface area contributed by atoms with Crippen molar-refractivity contribution in [2.45, 2.75) is 17.8 Å². The van der Waals surface area contributed by atoms with Crippen LogP contribution < -0.4 is 0 Å². The van der Waals surface area contributed by atoms with Gasteiger partial charge in [-0.15, -0.1) is 0 Å². The third-order valence-corrected chi connectivity index (χ3v) is 8.68. The fourth-order valence-corrected chi connectivity index (χ4v) is 6.84. The Labute approximate surface area is 230 Å². The number of hydrogen-bond acceptors (Lipinski definition) is 3. The first-order chi connectivity index (χ1) is 18.5. The van der Waals surface area contributed by atoms with Gasteiger partial charge < -0.3 is 9.84 Å². The Morgan fingerprint density at radius 2 is 1.05 bits per heavy atom. The maximum Gasteiger partial charge on any atom is 0.310 e. The van der Waals surface area contributed by atoms with Crippen LogP contribution in [0.15, 0.2) is 97.1 Å². The molecule has 4 aromatic rings. The van der Waals surface area contributed by atoms with Gasteiger partial charge in [0.1, 0.15) is 6.61 Å². The SMILES string of the molecule is O=C(O)C1[C@H](c2ccccc2Cl)C(C(=O)OCC2c3ccccc3-c3ccccc32)[C@H]1c1ccccc1Cl. The minimum atomic E-state index is -0.998. The molecule has 0 unspecified atom stereocenters. The van der Waals surface area contributed by atoms with Crippen LogP contribution in [-0.4, -0.2) is 23.7 Å². The number of carbonyl (C=O) groups excluding carboxylic acids is 1. The molecule has 6 rings (SSSR count). The number of hydrogen-bond donors (Lipinski definition) is 1. The van der Waals surface area contributed by atoms with Crippen molar-refractivity contribution < 1.29 is 19.4 Å².